The summed E-state index contributed by atoms with van der Waals surface area (Å²) in [5.74, 6) is -4.46. The number of nitrogens with one attached hydrogen (secondary N) is 3. The lowest BCUT2D eigenvalue weighted by atomic mass is 10.1. The number of carbonyl (C=O) groups excluding carboxylic acids is 3. The number of rotatable bonds is 11. The third-order valence-corrected chi connectivity index (χ3v) is 3.62. The molecule has 150 valence electrons. The topological polar surface area (TPSA) is 211 Å². The number of carboxylic acids is 1. The predicted octanol–water partition coefficient (Wildman–Crippen LogP) is -4.85. The number of aliphatic hydroxyl groups is 3. The first-order chi connectivity index (χ1) is 12.1. The zero-order valence-electron chi connectivity index (χ0n) is 14.0. The Labute approximate surface area is 154 Å². The van der Waals surface area contributed by atoms with Crippen molar-refractivity contribution in [1.29, 1.82) is 0 Å². The summed E-state index contributed by atoms with van der Waals surface area (Å²) in [7, 11) is 0. The number of carbonyl (C=O) groups is 4. The lowest BCUT2D eigenvalue weighted by Gasteiger charge is -2.23. The van der Waals surface area contributed by atoms with Crippen LogP contribution in [-0.4, -0.2) is 93.4 Å². The zero-order valence-corrected chi connectivity index (χ0v) is 14.8. The average molecular weight is 396 g/mol. The van der Waals surface area contributed by atoms with Gasteiger partial charge < -0.3 is 42.1 Å². The molecule has 0 aromatic heterocycles. The Morgan fingerprint density at radius 3 is 1.73 bits per heavy atom. The van der Waals surface area contributed by atoms with E-state index in [1.165, 1.54) is 6.92 Å². The molecule has 26 heavy (non-hydrogen) atoms. The molecule has 0 spiro atoms. The fraction of sp³-hybridized carbons (Fsp3) is 0.692. The Hall–Kier alpha value is -1.93. The van der Waals surface area contributed by atoms with Gasteiger partial charge in [0.25, 0.3) is 0 Å². The van der Waals surface area contributed by atoms with Gasteiger partial charge in [-0.15, -0.1) is 0 Å². The van der Waals surface area contributed by atoms with E-state index < -0.39 is 67.2 Å². The predicted molar refractivity (Wildman–Crippen MR) is 91.1 cm³/mol. The second kappa shape index (κ2) is 11.6. The molecule has 0 aromatic rings. The van der Waals surface area contributed by atoms with Gasteiger partial charge in [0.2, 0.25) is 17.7 Å². The molecule has 0 rings (SSSR count). The minimum atomic E-state index is -1.61. The maximum absolute atomic E-state index is 12.1. The Bertz CT molecular complexity index is 518. The van der Waals surface area contributed by atoms with Crippen molar-refractivity contribution in [3.8, 4) is 0 Å². The van der Waals surface area contributed by atoms with Gasteiger partial charge in [-0.1, -0.05) is 0 Å². The molecule has 0 aliphatic carbocycles. The number of nitrogens with two attached hydrogens (primary N) is 1. The summed E-state index contributed by atoms with van der Waals surface area (Å²) in [4.78, 5) is 46.6. The largest absolute Gasteiger partial charge is 0.480 e. The van der Waals surface area contributed by atoms with E-state index in [0.717, 1.165) is 0 Å². The van der Waals surface area contributed by atoms with Crippen LogP contribution < -0.4 is 21.7 Å². The lowest BCUT2D eigenvalue weighted by Crippen LogP contribution is -2.59. The Kier molecular flexibility index (Phi) is 10.8. The molecule has 13 heteroatoms. The smallest absolute Gasteiger partial charge is 0.328 e. The molecule has 5 atom stereocenters. The number of aliphatic carboxylic acids is 1. The summed E-state index contributed by atoms with van der Waals surface area (Å²) >= 11 is 3.90. The quantitative estimate of drug-likeness (QED) is 0.153. The highest BCUT2D eigenvalue weighted by atomic mass is 32.1. The van der Waals surface area contributed by atoms with Crippen LogP contribution in [0, 0.1) is 0 Å². The molecule has 0 saturated heterocycles. The van der Waals surface area contributed by atoms with Crippen molar-refractivity contribution in [3.05, 3.63) is 0 Å². The second-order valence-electron chi connectivity index (χ2n) is 5.34. The number of hydrogen-bond acceptors (Lipinski definition) is 9. The standard InChI is InChI=1S/C13H24N4O8S/c1-5(20)9(14)12(23)17-8(4-26)11(22)15-6(2-18)10(21)16-7(3-19)13(24)25/h5-9,18-20,26H,2-4,14H2,1H3,(H,15,22)(H,16,21)(H,17,23)(H,24,25). The van der Waals surface area contributed by atoms with E-state index in [-0.39, 0.29) is 5.75 Å². The van der Waals surface area contributed by atoms with E-state index in [2.05, 4.69) is 23.3 Å². The molecule has 0 radical (unpaired) electrons. The Morgan fingerprint density at radius 1 is 0.923 bits per heavy atom. The van der Waals surface area contributed by atoms with Crippen LogP contribution >= 0.6 is 12.6 Å². The van der Waals surface area contributed by atoms with Crippen molar-refractivity contribution in [2.24, 2.45) is 5.73 Å². The average Bonchev–Trinajstić information content (AvgIpc) is 2.59. The van der Waals surface area contributed by atoms with Crippen LogP contribution in [0.5, 0.6) is 0 Å². The summed E-state index contributed by atoms with van der Waals surface area (Å²) in [6, 6.07) is -5.66. The molecule has 0 aliphatic rings. The number of aliphatic hydroxyl groups excluding tert-OH is 3. The van der Waals surface area contributed by atoms with Crippen molar-refractivity contribution < 1.29 is 39.6 Å². The van der Waals surface area contributed by atoms with Crippen molar-refractivity contribution >= 4 is 36.3 Å². The van der Waals surface area contributed by atoms with E-state index in [9.17, 15) is 29.4 Å². The molecule has 5 unspecified atom stereocenters. The normalized spacial score (nSPS) is 16.5. The van der Waals surface area contributed by atoms with Gasteiger partial charge in [0.05, 0.1) is 19.3 Å². The molecule has 0 saturated carbocycles. The van der Waals surface area contributed by atoms with E-state index in [0.29, 0.717) is 0 Å². The van der Waals surface area contributed by atoms with Crippen LogP contribution in [-0.2, 0) is 19.2 Å². The highest BCUT2D eigenvalue weighted by Crippen LogP contribution is 1.96. The molecule has 12 nitrogen and oxygen atoms in total. The van der Waals surface area contributed by atoms with E-state index >= 15 is 0 Å². The molecular formula is C13H24N4O8S. The van der Waals surface area contributed by atoms with Gasteiger partial charge in [0.15, 0.2) is 0 Å². The Morgan fingerprint density at radius 2 is 1.35 bits per heavy atom. The number of carboxylic acid groups (broad SMARTS) is 1. The van der Waals surface area contributed by atoms with Crippen LogP contribution in [0.2, 0.25) is 0 Å². The third kappa shape index (κ3) is 7.53. The van der Waals surface area contributed by atoms with E-state index in [1.54, 1.807) is 0 Å². The monoisotopic (exact) mass is 396 g/mol. The summed E-state index contributed by atoms with van der Waals surface area (Å²) in [5.41, 5.74) is 5.44. The molecule has 0 aromatic carbocycles. The summed E-state index contributed by atoms with van der Waals surface area (Å²) < 4.78 is 0. The molecular weight excluding hydrogens is 372 g/mol. The van der Waals surface area contributed by atoms with Crippen LogP contribution in [0.3, 0.4) is 0 Å². The maximum atomic E-state index is 12.1. The van der Waals surface area contributed by atoms with Crippen molar-refractivity contribution in [3.63, 3.8) is 0 Å². The lowest BCUT2D eigenvalue weighted by molar-refractivity contribution is -0.143. The van der Waals surface area contributed by atoms with Gasteiger partial charge in [0.1, 0.15) is 24.2 Å². The maximum Gasteiger partial charge on any atom is 0.328 e. The van der Waals surface area contributed by atoms with Gasteiger partial charge in [-0.05, 0) is 6.92 Å². The van der Waals surface area contributed by atoms with Crippen LogP contribution in [0.1, 0.15) is 6.92 Å². The van der Waals surface area contributed by atoms with Gasteiger partial charge in [-0.2, -0.15) is 12.6 Å². The first kappa shape index (κ1) is 24.1. The second-order valence-corrected chi connectivity index (χ2v) is 5.70. The molecule has 3 amide bonds. The van der Waals surface area contributed by atoms with Gasteiger partial charge in [-0.3, -0.25) is 14.4 Å². The molecule has 0 aliphatic heterocycles. The fourth-order valence-electron chi connectivity index (χ4n) is 1.61. The van der Waals surface area contributed by atoms with Crippen LogP contribution in [0.4, 0.5) is 0 Å². The SMILES string of the molecule is CC(O)C(N)C(=O)NC(CS)C(=O)NC(CO)C(=O)NC(CO)C(=O)O. The fourth-order valence-corrected chi connectivity index (χ4v) is 1.86. The van der Waals surface area contributed by atoms with Crippen LogP contribution in [0.25, 0.3) is 0 Å². The van der Waals surface area contributed by atoms with Crippen LogP contribution in [0.15, 0.2) is 0 Å². The first-order valence-corrected chi connectivity index (χ1v) is 8.12. The van der Waals surface area contributed by atoms with E-state index in [4.69, 9.17) is 15.9 Å². The summed E-state index contributed by atoms with van der Waals surface area (Å²) in [6.07, 6.45) is -1.17. The van der Waals surface area contributed by atoms with Crippen molar-refractivity contribution in [2.45, 2.75) is 37.2 Å². The van der Waals surface area contributed by atoms with Crippen molar-refractivity contribution in [1.82, 2.24) is 16.0 Å². The molecule has 0 heterocycles. The zero-order chi connectivity index (χ0) is 20.4. The third-order valence-electron chi connectivity index (χ3n) is 3.25. The van der Waals surface area contributed by atoms with Gasteiger partial charge in [0, 0.05) is 5.75 Å². The summed E-state index contributed by atoms with van der Waals surface area (Å²) in [6.45, 7) is -0.471. The number of amides is 3. The number of thiol groups is 1. The minimum Gasteiger partial charge on any atom is -0.480 e. The molecule has 9 N–H and O–H groups in total. The van der Waals surface area contributed by atoms with Crippen molar-refractivity contribution in [2.75, 3.05) is 19.0 Å². The highest BCUT2D eigenvalue weighted by Gasteiger charge is 2.29. The molecule has 0 fully saturated rings. The number of hydrogen-bond donors (Lipinski definition) is 9. The molecule has 0 bridgehead atoms. The van der Waals surface area contributed by atoms with Gasteiger partial charge >= 0.3 is 5.97 Å². The summed E-state index contributed by atoms with van der Waals surface area (Å²) in [5, 5.41) is 42.4. The van der Waals surface area contributed by atoms with E-state index in [1.807, 2.05) is 5.32 Å². The highest BCUT2D eigenvalue weighted by molar-refractivity contribution is 7.80. The Balaban J connectivity index is 4.91. The minimum absolute atomic E-state index is 0.182. The first-order valence-electron chi connectivity index (χ1n) is 7.49. The van der Waals surface area contributed by atoms with Gasteiger partial charge in [-0.25, -0.2) is 4.79 Å².